The van der Waals surface area contributed by atoms with Gasteiger partial charge in [-0.1, -0.05) is 243 Å². The van der Waals surface area contributed by atoms with Gasteiger partial charge in [-0.15, -0.1) is 0 Å². The maximum atomic E-state index is 7.79. The van der Waals surface area contributed by atoms with Crippen molar-refractivity contribution in [2.45, 2.75) is 108 Å². The van der Waals surface area contributed by atoms with Crippen LogP contribution in [0.25, 0.3) is 0 Å². The van der Waals surface area contributed by atoms with E-state index in [2.05, 4.69) is 107 Å². The fraction of sp³-hybridized carbons (Fsp3) is 0.351. The number of hydrogen-bond donors (Lipinski definition) is 0. The second-order valence-electron chi connectivity index (χ2n) is 22.5. The van der Waals surface area contributed by atoms with Crippen LogP contribution in [0.3, 0.4) is 0 Å². The second kappa shape index (κ2) is 33.0. The van der Waals surface area contributed by atoms with Gasteiger partial charge in [-0.25, -0.2) is 0 Å². The van der Waals surface area contributed by atoms with E-state index in [1.54, 1.807) is 0 Å². The van der Waals surface area contributed by atoms with Gasteiger partial charge < -0.3 is 52.1 Å². The van der Waals surface area contributed by atoms with Crippen molar-refractivity contribution in [1.82, 2.24) is 9.80 Å². The van der Waals surface area contributed by atoms with Crippen LogP contribution in [0.5, 0.6) is 0 Å². The lowest BCUT2D eigenvalue weighted by Gasteiger charge is -2.48. The molecule has 0 N–H and O–H groups in total. The molecule has 0 aliphatic carbocycles. The first-order valence-electron chi connectivity index (χ1n) is 30.7. The van der Waals surface area contributed by atoms with Crippen LogP contribution >= 0.6 is 0 Å². The molecule has 3 fully saturated rings. The number of rotatable bonds is 23. The summed E-state index contributed by atoms with van der Waals surface area (Å²) in [5.41, 5.74) is 8.32. The van der Waals surface area contributed by atoms with Crippen molar-refractivity contribution >= 4 is 0 Å². The maximum Gasteiger partial charge on any atom is 0.224 e. The van der Waals surface area contributed by atoms with E-state index in [1.165, 1.54) is 11.1 Å². The van der Waals surface area contributed by atoms with E-state index in [4.69, 9.17) is 52.1 Å². The van der Waals surface area contributed by atoms with Crippen LogP contribution in [0, 0.1) is 0 Å². The maximum absolute atomic E-state index is 7.79. The summed E-state index contributed by atoms with van der Waals surface area (Å²) in [6.07, 6.45) is -6.78. The minimum atomic E-state index is -1.72. The average Bonchev–Trinajstić information content (AvgIpc) is 1.87. The van der Waals surface area contributed by atoms with Gasteiger partial charge in [-0.3, -0.25) is 9.80 Å². The van der Waals surface area contributed by atoms with Crippen LogP contribution in [0.4, 0.5) is 0 Å². The van der Waals surface area contributed by atoms with Gasteiger partial charge in [0.05, 0.1) is 66.1 Å². The average molecular weight is 1180 g/mol. The predicted octanol–water partition coefficient (Wildman–Crippen LogP) is 12.0. The Hall–Kier alpha value is -6.76. The monoisotopic (exact) mass is 1170 g/mol. The van der Waals surface area contributed by atoms with Crippen LogP contribution in [0.2, 0.25) is 0 Å². The number of benzene rings is 8. The van der Waals surface area contributed by atoms with Crippen LogP contribution in [0.1, 0.15) is 44.5 Å². The van der Waals surface area contributed by atoms with Crippen molar-refractivity contribution in [3.63, 3.8) is 0 Å². The highest BCUT2D eigenvalue weighted by molar-refractivity contribution is 5.20. The first-order chi connectivity index (χ1) is 43.1. The third-order valence-electron chi connectivity index (χ3n) is 16.1. The van der Waals surface area contributed by atoms with Gasteiger partial charge in [0.15, 0.2) is 6.29 Å². The minimum absolute atomic E-state index is 0.0962. The lowest BCUT2D eigenvalue weighted by atomic mass is 9.97. The largest absolute Gasteiger partial charge is 0.377 e. The van der Waals surface area contributed by atoms with E-state index in [9.17, 15) is 0 Å². The van der Waals surface area contributed by atoms with Crippen LogP contribution in [-0.4, -0.2) is 124 Å². The molecule has 0 amide bonds. The molecule has 13 nitrogen and oxygen atoms in total. The summed E-state index contributed by atoms with van der Waals surface area (Å²) in [6.45, 7) is 6.87. The molecule has 0 saturated carbocycles. The Kier molecular flexibility index (Phi) is 23.5. The molecule has 9 atom stereocenters. The molecule has 87 heavy (non-hydrogen) atoms. The Bertz CT molecular complexity index is 3100. The van der Waals surface area contributed by atoms with E-state index in [-0.39, 0.29) is 59.5 Å². The summed E-state index contributed by atoms with van der Waals surface area (Å²) in [5.74, 6) is -1.72. The lowest BCUT2D eigenvalue weighted by Crippen LogP contribution is -2.65. The summed E-state index contributed by atoms with van der Waals surface area (Å²) >= 11 is 0. The number of hydrogen-bond acceptors (Lipinski definition) is 13. The van der Waals surface area contributed by atoms with E-state index < -0.39 is 54.8 Å². The normalized spacial score (nSPS) is 24.4. The molecule has 0 unspecified atom stereocenters. The predicted molar refractivity (Wildman–Crippen MR) is 334 cm³/mol. The Morgan fingerprint density at radius 2 is 0.678 bits per heavy atom. The van der Waals surface area contributed by atoms with Gasteiger partial charge in [0.25, 0.3) is 0 Å². The van der Waals surface area contributed by atoms with Crippen molar-refractivity contribution in [2.24, 2.45) is 0 Å². The molecule has 8 aromatic rings. The van der Waals surface area contributed by atoms with E-state index in [0.29, 0.717) is 26.3 Å². The van der Waals surface area contributed by atoms with Gasteiger partial charge in [0, 0.05) is 39.3 Å². The van der Waals surface area contributed by atoms with Gasteiger partial charge in [0.2, 0.25) is 5.79 Å². The number of fused-ring (bicyclic) bond motifs is 4. The zero-order valence-corrected chi connectivity index (χ0v) is 49.6. The minimum Gasteiger partial charge on any atom is -0.377 e. The molecule has 0 radical (unpaired) electrons. The summed E-state index contributed by atoms with van der Waals surface area (Å²) in [7, 11) is 0. The second-order valence-corrected chi connectivity index (χ2v) is 22.5. The van der Waals surface area contributed by atoms with Crippen LogP contribution < -0.4 is 0 Å². The third-order valence-corrected chi connectivity index (χ3v) is 16.1. The number of ether oxygens (including phenoxy) is 11. The van der Waals surface area contributed by atoms with Crippen molar-refractivity contribution in [1.29, 1.82) is 0 Å². The zero-order valence-electron chi connectivity index (χ0n) is 49.6. The lowest BCUT2D eigenvalue weighted by molar-refractivity contribution is -0.398. The smallest absolute Gasteiger partial charge is 0.224 e. The molecular formula is C74H82N2O11. The van der Waals surface area contributed by atoms with Crippen molar-refractivity contribution < 1.29 is 52.1 Å². The summed E-state index contributed by atoms with van der Waals surface area (Å²) in [6, 6.07) is 82.1. The molecule has 3 saturated heterocycles. The molecule has 13 heteroatoms. The fourth-order valence-electron chi connectivity index (χ4n) is 11.5. The first kappa shape index (κ1) is 61.9. The molecule has 0 aromatic heterocycles. The molecule has 11 rings (SSSR count). The highest BCUT2D eigenvalue weighted by Crippen LogP contribution is 2.42. The zero-order chi connectivity index (χ0) is 59.0. The Labute approximate surface area is 513 Å². The Morgan fingerprint density at radius 1 is 0.333 bits per heavy atom. The molecule has 3 aliphatic heterocycles. The van der Waals surface area contributed by atoms with Crippen molar-refractivity contribution in [3.8, 4) is 0 Å². The van der Waals surface area contributed by atoms with E-state index >= 15 is 0 Å². The molecule has 3 heterocycles. The van der Waals surface area contributed by atoms with Crippen LogP contribution in [-0.2, 0) is 105 Å². The van der Waals surface area contributed by atoms with Crippen molar-refractivity contribution in [2.75, 3.05) is 59.2 Å². The van der Waals surface area contributed by atoms with Gasteiger partial charge in [0.1, 0.15) is 49.3 Å². The van der Waals surface area contributed by atoms with Gasteiger partial charge in [-0.05, 0) is 44.5 Å². The van der Waals surface area contributed by atoms with E-state index in [1.807, 2.05) is 146 Å². The molecular weight excluding hydrogens is 1090 g/mol. The standard InChI is InChI=1S/C74H82N2O11/c1-9-25-58(26-10-1)47-75-41-42-76(48-59-27-11-2-12-28-59)44-46-78-56-67-69(81-51-62-33-17-5-18-34-62)72(84-54-65-39-23-8-24-40-65)74(86-67,57-79-49-60-29-13-3-14-30-60)87-73-71(83-53-64-37-21-7-22-38-64)70(82-52-63-35-19-6-20-36-63)68(66(85-73)55-77-45-43-75)80-50-61-31-15-4-16-32-61/h1-40,66-73H,41-57H2/t66-,67-,68-,69-,70+,71-,72+,73-,74+/m1/s1. The summed E-state index contributed by atoms with van der Waals surface area (Å²) < 4.78 is 79.6. The number of nitrogens with zero attached hydrogens (tertiary/aromatic N) is 2. The van der Waals surface area contributed by atoms with Gasteiger partial charge >= 0.3 is 0 Å². The van der Waals surface area contributed by atoms with E-state index in [0.717, 1.165) is 59.6 Å². The Balaban J connectivity index is 1.02. The third kappa shape index (κ3) is 18.4. The highest BCUT2D eigenvalue weighted by Gasteiger charge is 2.62. The molecule has 454 valence electrons. The summed E-state index contributed by atoms with van der Waals surface area (Å²) in [5, 5.41) is 0. The highest BCUT2D eigenvalue weighted by atomic mass is 16.8. The Morgan fingerprint density at radius 3 is 1.10 bits per heavy atom. The SMILES string of the molecule is c1ccc(COC[C@@]23O[C@H]4O[C@H](COCCN(Cc5ccccc5)CCN(Cc5ccccc5)CCOC[C@@H](O2)[C@@H](OCc2ccccc2)[C@@H]3OCc2ccccc2)[C@@H](OCc2ccccc2)[C@H](OCc2ccccc2)[C@H]4OCc2ccccc2)cc1. The topological polar surface area (TPSA) is 108 Å². The van der Waals surface area contributed by atoms with Crippen molar-refractivity contribution in [3.05, 3.63) is 287 Å². The van der Waals surface area contributed by atoms with Gasteiger partial charge in [-0.2, -0.15) is 0 Å². The molecule has 4 bridgehead atoms. The van der Waals surface area contributed by atoms with Crippen LogP contribution in [0.15, 0.2) is 243 Å². The molecule has 8 aromatic carbocycles. The fourth-order valence-corrected chi connectivity index (χ4v) is 11.5. The quantitative estimate of drug-likeness (QED) is 0.0607. The molecule has 0 spiro atoms. The first-order valence-corrected chi connectivity index (χ1v) is 30.7. The summed E-state index contributed by atoms with van der Waals surface area (Å²) in [4.78, 5) is 4.93. The molecule has 3 aliphatic rings.